The minimum Gasteiger partial charge on any atom is -0.490 e. The molecule has 0 saturated heterocycles. The number of terminal acetylenes is 1. The number of amides is 1. The average molecular weight is 402 g/mol. The molecule has 1 aliphatic heterocycles. The molecule has 0 unspecified atom stereocenters. The largest absolute Gasteiger partial charge is 0.490 e. The van der Waals surface area contributed by atoms with E-state index in [1.165, 1.54) is 0 Å². The standard InChI is InChI=1S/C24H22N2O4/c1-3-13-30-21-12-11-17(15-22(21)28-4-2)23-25-20-10-6-5-9-19(20)24(27)26(23)16-18-8-7-14-29-18/h1,5-12,14-15,23,25H,4,13,16H2,2H3/t23-/m0/s1. The molecule has 3 aromatic rings. The highest BCUT2D eigenvalue weighted by atomic mass is 16.5. The van der Waals surface area contributed by atoms with Crippen LogP contribution in [0.5, 0.6) is 11.5 Å². The highest BCUT2D eigenvalue weighted by molar-refractivity contribution is 6.01. The molecule has 0 aliphatic carbocycles. The fourth-order valence-corrected chi connectivity index (χ4v) is 3.49. The lowest BCUT2D eigenvalue weighted by Gasteiger charge is -2.38. The van der Waals surface area contributed by atoms with Crippen molar-refractivity contribution in [3.8, 4) is 23.8 Å². The van der Waals surface area contributed by atoms with Crippen LogP contribution in [-0.4, -0.2) is 24.0 Å². The van der Waals surface area contributed by atoms with Gasteiger partial charge in [0.2, 0.25) is 0 Å². The molecule has 30 heavy (non-hydrogen) atoms. The van der Waals surface area contributed by atoms with Crippen LogP contribution in [0, 0.1) is 12.3 Å². The molecule has 1 aromatic heterocycles. The second kappa shape index (κ2) is 8.66. The number of rotatable bonds is 7. The lowest BCUT2D eigenvalue weighted by Crippen LogP contribution is -2.42. The number of carbonyl (C=O) groups excluding carboxylic acids is 1. The van der Waals surface area contributed by atoms with E-state index < -0.39 is 6.17 Å². The molecule has 4 rings (SSSR count). The molecule has 6 nitrogen and oxygen atoms in total. The van der Waals surface area contributed by atoms with Crippen LogP contribution in [-0.2, 0) is 6.54 Å². The number of hydrogen-bond acceptors (Lipinski definition) is 5. The van der Waals surface area contributed by atoms with Gasteiger partial charge in [0, 0.05) is 5.69 Å². The molecule has 0 spiro atoms. The Balaban J connectivity index is 1.73. The summed E-state index contributed by atoms with van der Waals surface area (Å²) in [6.45, 7) is 2.86. The predicted octanol–water partition coefficient (Wildman–Crippen LogP) is 4.46. The van der Waals surface area contributed by atoms with Crippen LogP contribution in [0.4, 0.5) is 5.69 Å². The zero-order valence-corrected chi connectivity index (χ0v) is 16.6. The number of hydrogen-bond donors (Lipinski definition) is 1. The van der Waals surface area contributed by atoms with E-state index in [0.29, 0.717) is 36.0 Å². The van der Waals surface area contributed by atoms with E-state index in [-0.39, 0.29) is 12.5 Å². The Kier molecular flexibility index (Phi) is 5.62. The van der Waals surface area contributed by atoms with Gasteiger partial charge in [-0.2, -0.15) is 0 Å². The molecule has 0 saturated carbocycles. The van der Waals surface area contributed by atoms with Crippen molar-refractivity contribution in [3.63, 3.8) is 0 Å². The Morgan fingerprint density at radius 1 is 1.13 bits per heavy atom. The van der Waals surface area contributed by atoms with E-state index in [0.717, 1.165) is 11.3 Å². The van der Waals surface area contributed by atoms with E-state index in [4.69, 9.17) is 20.3 Å². The smallest absolute Gasteiger partial charge is 0.258 e. The summed E-state index contributed by atoms with van der Waals surface area (Å²) >= 11 is 0. The van der Waals surface area contributed by atoms with Gasteiger partial charge in [-0.15, -0.1) is 6.42 Å². The average Bonchev–Trinajstić information content (AvgIpc) is 3.28. The number of para-hydroxylation sites is 1. The van der Waals surface area contributed by atoms with Gasteiger partial charge in [0.25, 0.3) is 5.91 Å². The normalized spacial score (nSPS) is 15.1. The SMILES string of the molecule is C#CCOc1ccc([C@H]2Nc3ccccc3C(=O)N2Cc2ccco2)cc1OCC. The van der Waals surface area contributed by atoms with E-state index in [2.05, 4.69) is 11.2 Å². The number of furan rings is 1. The summed E-state index contributed by atoms with van der Waals surface area (Å²) in [5.74, 6) is 4.24. The second-order valence-corrected chi connectivity index (χ2v) is 6.74. The number of nitrogens with zero attached hydrogens (tertiary/aromatic N) is 1. The minimum atomic E-state index is -0.404. The molecule has 1 N–H and O–H groups in total. The Hall–Kier alpha value is -3.85. The topological polar surface area (TPSA) is 63.9 Å². The third-order valence-electron chi connectivity index (χ3n) is 4.82. The zero-order valence-electron chi connectivity index (χ0n) is 16.6. The summed E-state index contributed by atoms with van der Waals surface area (Å²) < 4.78 is 16.9. The third-order valence-corrected chi connectivity index (χ3v) is 4.82. The van der Waals surface area contributed by atoms with Gasteiger partial charge in [-0.1, -0.05) is 24.1 Å². The molecule has 152 valence electrons. The molecule has 1 amide bonds. The van der Waals surface area contributed by atoms with Crippen LogP contribution >= 0.6 is 0 Å². The number of benzene rings is 2. The minimum absolute atomic E-state index is 0.0728. The molecule has 1 aliphatic rings. The summed E-state index contributed by atoms with van der Waals surface area (Å²) in [5, 5.41) is 3.47. The first-order valence-corrected chi connectivity index (χ1v) is 9.73. The van der Waals surface area contributed by atoms with E-state index in [1.54, 1.807) is 11.2 Å². The van der Waals surface area contributed by atoms with Crippen LogP contribution in [0.3, 0.4) is 0 Å². The van der Waals surface area contributed by atoms with Crippen molar-refractivity contribution >= 4 is 11.6 Å². The van der Waals surface area contributed by atoms with Gasteiger partial charge in [-0.3, -0.25) is 4.79 Å². The van der Waals surface area contributed by atoms with Gasteiger partial charge in [0.05, 0.1) is 25.0 Å². The van der Waals surface area contributed by atoms with Crippen LogP contribution in [0.15, 0.2) is 65.3 Å². The van der Waals surface area contributed by atoms with Crippen molar-refractivity contribution in [1.29, 1.82) is 0 Å². The van der Waals surface area contributed by atoms with Crippen molar-refractivity contribution in [2.75, 3.05) is 18.5 Å². The maximum absolute atomic E-state index is 13.3. The van der Waals surface area contributed by atoms with E-state index in [1.807, 2.05) is 61.5 Å². The van der Waals surface area contributed by atoms with Crippen LogP contribution in [0.25, 0.3) is 0 Å². The Morgan fingerprint density at radius 3 is 2.77 bits per heavy atom. The molecule has 1 atom stereocenters. The molecule has 2 aromatic carbocycles. The summed E-state index contributed by atoms with van der Waals surface area (Å²) in [5.41, 5.74) is 2.27. The van der Waals surface area contributed by atoms with Gasteiger partial charge in [-0.25, -0.2) is 0 Å². The van der Waals surface area contributed by atoms with Gasteiger partial charge >= 0.3 is 0 Å². The van der Waals surface area contributed by atoms with Crippen LogP contribution in [0.2, 0.25) is 0 Å². The van der Waals surface area contributed by atoms with E-state index in [9.17, 15) is 4.79 Å². The Morgan fingerprint density at radius 2 is 2.00 bits per heavy atom. The fourth-order valence-electron chi connectivity index (χ4n) is 3.49. The van der Waals surface area contributed by atoms with Gasteiger partial charge < -0.3 is 24.1 Å². The number of carbonyl (C=O) groups is 1. The zero-order chi connectivity index (χ0) is 20.9. The Labute approximate surface area is 175 Å². The van der Waals surface area contributed by atoms with Crippen LogP contribution < -0.4 is 14.8 Å². The van der Waals surface area contributed by atoms with E-state index >= 15 is 0 Å². The maximum atomic E-state index is 13.3. The van der Waals surface area contributed by atoms with Gasteiger partial charge in [0.1, 0.15) is 18.5 Å². The van der Waals surface area contributed by atoms with Crippen molar-refractivity contribution in [2.45, 2.75) is 19.6 Å². The maximum Gasteiger partial charge on any atom is 0.258 e. The first-order valence-electron chi connectivity index (χ1n) is 9.73. The summed E-state index contributed by atoms with van der Waals surface area (Å²) in [4.78, 5) is 15.1. The van der Waals surface area contributed by atoms with Crippen LogP contribution in [0.1, 0.15) is 34.8 Å². The monoisotopic (exact) mass is 402 g/mol. The lowest BCUT2D eigenvalue weighted by molar-refractivity contribution is 0.0651. The molecular formula is C24H22N2O4. The number of nitrogens with one attached hydrogen (secondary N) is 1. The summed E-state index contributed by atoms with van der Waals surface area (Å²) in [6.07, 6.45) is 6.51. The number of ether oxygens (including phenoxy) is 2. The molecule has 0 bridgehead atoms. The first kappa shape index (κ1) is 19.5. The number of anilines is 1. The van der Waals surface area contributed by atoms with Crippen molar-refractivity contribution in [1.82, 2.24) is 4.90 Å². The fraction of sp³-hybridized carbons (Fsp3) is 0.208. The molecule has 6 heteroatoms. The molecular weight excluding hydrogens is 380 g/mol. The molecule has 0 fully saturated rings. The Bertz CT molecular complexity index is 1070. The number of fused-ring (bicyclic) bond motifs is 1. The molecule has 0 radical (unpaired) electrons. The van der Waals surface area contributed by atoms with Crippen molar-refractivity contribution < 1.29 is 18.7 Å². The highest BCUT2D eigenvalue weighted by Crippen LogP contribution is 2.37. The summed E-state index contributed by atoms with van der Waals surface area (Å²) in [6, 6.07) is 16.7. The third kappa shape index (κ3) is 3.83. The second-order valence-electron chi connectivity index (χ2n) is 6.74. The van der Waals surface area contributed by atoms with Gasteiger partial charge in [-0.05, 0) is 48.9 Å². The molecule has 2 heterocycles. The highest BCUT2D eigenvalue weighted by Gasteiger charge is 2.33. The van der Waals surface area contributed by atoms with Crippen molar-refractivity contribution in [2.24, 2.45) is 0 Å². The first-order chi connectivity index (χ1) is 14.7. The van der Waals surface area contributed by atoms with Crippen molar-refractivity contribution in [3.05, 3.63) is 77.7 Å². The summed E-state index contributed by atoms with van der Waals surface area (Å²) in [7, 11) is 0. The quantitative estimate of drug-likeness (QED) is 0.591. The van der Waals surface area contributed by atoms with Gasteiger partial charge in [0.15, 0.2) is 11.5 Å². The predicted molar refractivity (Wildman–Crippen MR) is 113 cm³/mol. The lowest BCUT2D eigenvalue weighted by atomic mass is 10.0.